The number of hydrogen-bond acceptors (Lipinski definition) is 4. The maximum atomic E-state index is 12.2. The van der Waals surface area contributed by atoms with Crippen LogP contribution in [0, 0.1) is 0 Å². The summed E-state index contributed by atoms with van der Waals surface area (Å²) in [7, 11) is 3.84. The lowest BCUT2D eigenvalue weighted by Crippen LogP contribution is -2.31. The molecule has 5 heteroatoms. The van der Waals surface area contributed by atoms with E-state index in [-0.39, 0.29) is 11.6 Å². The average molecular weight is 286 g/mol. The molecular formula is C16H22N4O. The number of aromatic nitrogens is 2. The van der Waals surface area contributed by atoms with Gasteiger partial charge in [0.1, 0.15) is 0 Å². The molecule has 2 aromatic rings. The van der Waals surface area contributed by atoms with Crippen molar-refractivity contribution in [3.8, 4) is 0 Å². The van der Waals surface area contributed by atoms with Gasteiger partial charge in [0.05, 0.1) is 24.5 Å². The Morgan fingerprint density at radius 2 is 2.05 bits per heavy atom. The van der Waals surface area contributed by atoms with Gasteiger partial charge in [-0.1, -0.05) is 30.3 Å². The molecule has 1 aromatic heterocycles. The Morgan fingerprint density at radius 3 is 2.62 bits per heavy atom. The molecule has 1 N–H and O–H groups in total. The number of hydrogen-bond donors (Lipinski definition) is 1. The number of nitrogens with zero attached hydrogens (tertiary/aromatic N) is 3. The van der Waals surface area contributed by atoms with Crippen LogP contribution in [0.2, 0.25) is 0 Å². The van der Waals surface area contributed by atoms with Gasteiger partial charge in [-0.25, -0.2) is 4.68 Å². The highest BCUT2D eigenvalue weighted by Gasteiger charge is 2.11. The third-order valence-electron chi connectivity index (χ3n) is 3.68. The molecule has 0 saturated carbocycles. The predicted octanol–water partition coefficient (Wildman–Crippen LogP) is 1.66. The van der Waals surface area contributed by atoms with Crippen LogP contribution in [-0.2, 0) is 6.54 Å². The maximum absolute atomic E-state index is 12.2. The van der Waals surface area contributed by atoms with Crippen LogP contribution in [0.4, 0.5) is 5.69 Å². The van der Waals surface area contributed by atoms with Gasteiger partial charge < -0.3 is 10.2 Å². The van der Waals surface area contributed by atoms with Crippen molar-refractivity contribution < 1.29 is 0 Å². The van der Waals surface area contributed by atoms with E-state index in [0.29, 0.717) is 6.54 Å². The molecule has 0 saturated heterocycles. The van der Waals surface area contributed by atoms with Gasteiger partial charge in [0.2, 0.25) is 0 Å². The first-order valence-electron chi connectivity index (χ1n) is 7.16. The second kappa shape index (κ2) is 7.04. The van der Waals surface area contributed by atoms with Crippen LogP contribution in [0.25, 0.3) is 0 Å². The molecule has 1 atom stereocenters. The maximum Gasteiger partial charge on any atom is 0.268 e. The number of anilines is 1. The molecule has 21 heavy (non-hydrogen) atoms. The Hall–Kier alpha value is -2.14. The Labute approximate surface area is 125 Å². The molecule has 0 spiro atoms. The summed E-state index contributed by atoms with van der Waals surface area (Å²) >= 11 is 0. The molecule has 1 aromatic carbocycles. The fraction of sp³-hybridized carbons (Fsp3) is 0.375. The highest BCUT2D eigenvalue weighted by atomic mass is 16.1. The molecular weight excluding hydrogens is 264 g/mol. The van der Waals surface area contributed by atoms with Gasteiger partial charge in [0.25, 0.3) is 5.56 Å². The van der Waals surface area contributed by atoms with Crippen molar-refractivity contribution in [3.63, 3.8) is 0 Å². The Morgan fingerprint density at radius 1 is 1.33 bits per heavy atom. The van der Waals surface area contributed by atoms with E-state index in [1.807, 2.05) is 56.3 Å². The van der Waals surface area contributed by atoms with Crippen molar-refractivity contribution in [3.05, 3.63) is 58.5 Å². The first-order chi connectivity index (χ1) is 10.2. The van der Waals surface area contributed by atoms with Crippen LogP contribution in [0.15, 0.2) is 47.4 Å². The highest BCUT2D eigenvalue weighted by Crippen LogP contribution is 2.13. The van der Waals surface area contributed by atoms with E-state index in [1.54, 1.807) is 12.3 Å². The van der Waals surface area contributed by atoms with Crippen LogP contribution in [0.3, 0.4) is 0 Å². The topological polar surface area (TPSA) is 50.2 Å². The Balaban J connectivity index is 2.21. The zero-order valence-corrected chi connectivity index (χ0v) is 12.8. The van der Waals surface area contributed by atoms with Crippen LogP contribution in [0.5, 0.6) is 0 Å². The van der Waals surface area contributed by atoms with Crippen LogP contribution < -0.4 is 15.8 Å². The fourth-order valence-electron chi connectivity index (χ4n) is 2.17. The zero-order valence-electron chi connectivity index (χ0n) is 12.8. The van der Waals surface area contributed by atoms with Crippen molar-refractivity contribution in [2.24, 2.45) is 0 Å². The van der Waals surface area contributed by atoms with E-state index in [9.17, 15) is 4.79 Å². The molecule has 0 amide bonds. The average Bonchev–Trinajstić information content (AvgIpc) is 2.53. The van der Waals surface area contributed by atoms with E-state index < -0.39 is 0 Å². The van der Waals surface area contributed by atoms with E-state index in [4.69, 9.17) is 0 Å². The van der Waals surface area contributed by atoms with E-state index >= 15 is 0 Å². The van der Waals surface area contributed by atoms with Gasteiger partial charge in [-0.05, 0) is 19.5 Å². The molecule has 112 valence electrons. The predicted molar refractivity (Wildman–Crippen MR) is 85.7 cm³/mol. The van der Waals surface area contributed by atoms with Gasteiger partial charge in [-0.3, -0.25) is 4.79 Å². The third kappa shape index (κ3) is 3.70. The lowest BCUT2D eigenvalue weighted by atomic mass is 10.1. The van der Waals surface area contributed by atoms with Crippen molar-refractivity contribution in [2.45, 2.75) is 19.5 Å². The molecule has 0 radical (unpaired) electrons. The fourth-order valence-corrected chi connectivity index (χ4v) is 2.17. The number of rotatable bonds is 6. The van der Waals surface area contributed by atoms with E-state index in [2.05, 4.69) is 10.4 Å². The summed E-state index contributed by atoms with van der Waals surface area (Å²) in [6.45, 7) is 3.39. The van der Waals surface area contributed by atoms with Gasteiger partial charge in [-0.15, -0.1) is 0 Å². The third-order valence-corrected chi connectivity index (χ3v) is 3.68. The lowest BCUT2D eigenvalue weighted by Gasteiger charge is -2.19. The largest absolute Gasteiger partial charge is 0.373 e. The first kappa shape index (κ1) is 15.3. The summed E-state index contributed by atoms with van der Waals surface area (Å²) in [5.74, 6) is 0. The summed E-state index contributed by atoms with van der Waals surface area (Å²) < 4.78 is 1.50. The number of benzene rings is 1. The summed E-state index contributed by atoms with van der Waals surface area (Å²) in [5, 5.41) is 7.52. The van der Waals surface area contributed by atoms with Gasteiger partial charge in [0, 0.05) is 19.7 Å². The smallest absolute Gasteiger partial charge is 0.268 e. The van der Waals surface area contributed by atoms with Crippen LogP contribution in [0.1, 0.15) is 18.5 Å². The minimum absolute atomic E-state index is 0.0613. The molecule has 0 aliphatic heterocycles. The zero-order chi connectivity index (χ0) is 15.2. The molecule has 0 aliphatic carbocycles. The monoisotopic (exact) mass is 286 g/mol. The molecule has 5 nitrogen and oxygen atoms in total. The summed E-state index contributed by atoms with van der Waals surface area (Å²) in [5.41, 5.74) is 1.91. The molecule has 0 bridgehead atoms. The second-order valence-electron chi connectivity index (χ2n) is 5.00. The summed E-state index contributed by atoms with van der Waals surface area (Å²) in [4.78, 5) is 14.2. The highest BCUT2D eigenvalue weighted by molar-refractivity contribution is 5.41. The summed E-state index contributed by atoms with van der Waals surface area (Å²) in [6, 6.07) is 11.8. The normalized spacial score (nSPS) is 12.1. The summed E-state index contributed by atoms with van der Waals surface area (Å²) in [6.07, 6.45) is 1.74. The molecule has 0 fully saturated rings. The van der Waals surface area contributed by atoms with Crippen molar-refractivity contribution in [1.29, 1.82) is 0 Å². The van der Waals surface area contributed by atoms with Gasteiger partial charge >= 0.3 is 0 Å². The minimum atomic E-state index is -0.0796. The van der Waals surface area contributed by atoms with E-state index in [1.165, 1.54) is 4.68 Å². The van der Waals surface area contributed by atoms with Gasteiger partial charge in [0.15, 0.2) is 0 Å². The molecule has 2 rings (SSSR count). The van der Waals surface area contributed by atoms with Gasteiger partial charge in [-0.2, -0.15) is 5.10 Å². The molecule has 0 aliphatic rings. The van der Waals surface area contributed by atoms with Crippen molar-refractivity contribution >= 4 is 5.69 Å². The first-order valence-corrected chi connectivity index (χ1v) is 7.16. The van der Waals surface area contributed by atoms with Crippen molar-refractivity contribution in [1.82, 2.24) is 15.1 Å². The molecule has 1 heterocycles. The van der Waals surface area contributed by atoms with Crippen LogP contribution >= 0.6 is 0 Å². The molecule has 1 unspecified atom stereocenters. The Bertz CT molecular complexity index is 624. The van der Waals surface area contributed by atoms with E-state index in [0.717, 1.165) is 17.8 Å². The quantitative estimate of drug-likeness (QED) is 0.877. The Kier molecular flexibility index (Phi) is 5.11. The minimum Gasteiger partial charge on any atom is -0.373 e. The number of nitrogens with one attached hydrogen (secondary N) is 1. The second-order valence-corrected chi connectivity index (χ2v) is 5.00. The van der Waals surface area contributed by atoms with Crippen LogP contribution in [-0.4, -0.2) is 30.4 Å². The number of likely N-dealkylation sites (N-methyl/N-ethyl adjacent to an activating group) is 1. The standard InChI is InChI=1S/C16H22N4O/c1-4-19(3)14-10-16(21)20(18-11-14)12-15(17-2)13-8-6-5-7-9-13/h5-11,15,17H,4,12H2,1-3H3. The SMILES string of the molecule is CCN(C)c1cnn(CC(NC)c2ccccc2)c(=O)c1. The van der Waals surface area contributed by atoms with Crippen molar-refractivity contribution in [2.75, 3.05) is 25.5 Å². The lowest BCUT2D eigenvalue weighted by molar-refractivity contribution is 0.452.